The molecule has 7 heteroatoms. The van der Waals surface area contributed by atoms with Crippen LogP contribution >= 0.6 is 0 Å². The Kier molecular flexibility index (Phi) is 12.1. The summed E-state index contributed by atoms with van der Waals surface area (Å²) >= 11 is 0. The highest BCUT2D eigenvalue weighted by molar-refractivity contribution is 5.86. The normalized spacial score (nSPS) is 17.0. The summed E-state index contributed by atoms with van der Waals surface area (Å²) in [7, 11) is 0. The summed E-state index contributed by atoms with van der Waals surface area (Å²) in [6.45, 7) is 8.06. The topological polar surface area (TPSA) is 95.9 Å². The van der Waals surface area contributed by atoms with E-state index < -0.39 is 12.0 Å². The number of allylic oxidation sites excluding steroid dienone is 2. The van der Waals surface area contributed by atoms with Gasteiger partial charge in [0.25, 0.3) is 0 Å². The van der Waals surface area contributed by atoms with Crippen LogP contribution in [0.4, 0.5) is 0 Å². The summed E-state index contributed by atoms with van der Waals surface area (Å²) in [5.74, 6) is -1.30. The average molecular weight is 471 g/mol. The number of nitrogens with one attached hydrogen (secondary N) is 1. The smallest absolute Gasteiger partial charge is 0.306 e. The second-order valence-electron chi connectivity index (χ2n) is 8.66. The molecule has 3 atom stereocenters. The van der Waals surface area contributed by atoms with Crippen LogP contribution in [0.3, 0.4) is 0 Å². The van der Waals surface area contributed by atoms with Crippen molar-refractivity contribution in [3.05, 3.63) is 61.2 Å². The molecule has 1 aliphatic rings. The van der Waals surface area contributed by atoms with Crippen molar-refractivity contribution < 1.29 is 24.2 Å². The number of unbranched alkanes of at least 4 members (excludes halogenated alkanes) is 2. The van der Waals surface area contributed by atoms with Crippen molar-refractivity contribution in [3.63, 3.8) is 0 Å². The second-order valence-corrected chi connectivity index (χ2v) is 8.66. The minimum absolute atomic E-state index is 0.0491. The van der Waals surface area contributed by atoms with Crippen LogP contribution in [0.15, 0.2) is 55.6 Å². The molecule has 0 saturated carbocycles. The van der Waals surface area contributed by atoms with Crippen molar-refractivity contribution in [2.45, 2.75) is 63.5 Å². The summed E-state index contributed by atoms with van der Waals surface area (Å²) in [5, 5.41) is 12.4. The third-order valence-corrected chi connectivity index (χ3v) is 6.10. The summed E-state index contributed by atoms with van der Waals surface area (Å²) in [6, 6.07) is 9.13. The number of carbonyl (C=O) groups excluding carboxylic acids is 3. The number of aliphatic hydroxyl groups is 1. The number of rotatable bonds is 15. The van der Waals surface area contributed by atoms with Gasteiger partial charge in [-0.15, -0.1) is 13.2 Å². The minimum Gasteiger partial charge on any atom is -0.456 e. The van der Waals surface area contributed by atoms with Gasteiger partial charge in [0.15, 0.2) is 0 Å². The molecule has 0 aliphatic carbocycles. The second kappa shape index (κ2) is 15.1. The van der Waals surface area contributed by atoms with Gasteiger partial charge in [0.1, 0.15) is 6.10 Å². The fraction of sp³-hybridized carbons (Fsp3) is 0.519. The Morgan fingerprint density at radius 2 is 1.94 bits per heavy atom. The maximum Gasteiger partial charge on any atom is 0.306 e. The zero-order valence-electron chi connectivity index (χ0n) is 20.0. The molecule has 1 aliphatic heterocycles. The van der Waals surface area contributed by atoms with Crippen molar-refractivity contribution in [2.75, 3.05) is 19.7 Å². The first-order valence-corrected chi connectivity index (χ1v) is 12.1. The number of nitrogens with zero attached hydrogens (tertiary/aromatic N) is 1. The zero-order chi connectivity index (χ0) is 24.8. The van der Waals surface area contributed by atoms with E-state index >= 15 is 0 Å². The minimum atomic E-state index is -0.616. The quantitative estimate of drug-likeness (QED) is 0.232. The van der Waals surface area contributed by atoms with Crippen molar-refractivity contribution in [3.8, 4) is 0 Å². The van der Waals surface area contributed by atoms with Gasteiger partial charge in [-0.1, -0.05) is 42.5 Å². The molecular formula is C27H38N2O5. The molecule has 1 aromatic carbocycles. The van der Waals surface area contributed by atoms with Gasteiger partial charge in [0, 0.05) is 19.4 Å². The Bertz CT molecular complexity index is 810. The number of ether oxygens (including phenoxy) is 1. The molecule has 0 spiro atoms. The highest BCUT2D eigenvalue weighted by Crippen LogP contribution is 2.22. The molecule has 3 unspecified atom stereocenters. The molecule has 186 valence electrons. The number of carbonyl (C=O) groups is 3. The third-order valence-electron chi connectivity index (χ3n) is 6.10. The van der Waals surface area contributed by atoms with E-state index in [9.17, 15) is 19.5 Å². The lowest BCUT2D eigenvalue weighted by atomic mass is 9.99. The lowest BCUT2D eigenvalue weighted by Gasteiger charge is -2.25. The lowest BCUT2D eigenvalue weighted by molar-refractivity contribution is -0.150. The molecule has 0 radical (unpaired) electrons. The van der Waals surface area contributed by atoms with E-state index in [0.717, 1.165) is 31.2 Å². The molecule has 2 amide bonds. The molecule has 34 heavy (non-hydrogen) atoms. The summed E-state index contributed by atoms with van der Waals surface area (Å²) < 4.78 is 5.70. The van der Waals surface area contributed by atoms with E-state index in [1.54, 1.807) is 11.0 Å². The van der Waals surface area contributed by atoms with E-state index in [4.69, 9.17) is 4.74 Å². The van der Waals surface area contributed by atoms with Crippen LogP contribution in [0.25, 0.3) is 0 Å². The number of likely N-dealkylation sites (tertiary alicyclic amines) is 1. The van der Waals surface area contributed by atoms with Gasteiger partial charge in [-0.3, -0.25) is 14.4 Å². The average Bonchev–Trinajstić information content (AvgIpc) is 3.33. The largest absolute Gasteiger partial charge is 0.456 e. The van der Waals surface area contributed by atoms with Crippen LogP contribution in [0.5, 0.6) is 0 Å². The van der Waals surface area contributed by atoms with Gasteiger partial charge < -0.3 is 20.1 Å². The van der Waals surface area contributed by atoms with E-state index in [1.165, 1.54) is 0 Å². The van der Waals surface area contributed by atoms with E-state index in [2.05, 4.69) is 18.5 Å². The molecule has 0 aromatic heterocycles. The summed E-state index contributed by atoms with van der Waals surface area (Å²) in [5.41, 5.74) is 0.793. The van der Waals surface area contributed by atoms with Gasteiger partial charge >= 0.3 is 5.97 Å². The number of amides is 2. The highest BCUT2D eigenvalue weighted by Gasteiger charge is 2.31. The van der Waals surface area contributed by atoms with Crippen molar-refractivity contribution in [1.29, 1.82) is 0 Å². The van der Waals surface area contributed by atoms with Crippen LogP contribution in [-0.4, -0.2) is 53.5 Å². The van der Waals surface area contributed by atoms with Crippen LogP contribution in [0.2, 0.25) is 0 Å². The van der Waals surface area contributed by atoms with Gasteiger partial charge in [-0.25, -0.2) is 0 Å². The van der Waals surface area contributed by atoms with Crippen LogP contribution in [0.1, 0.15) is 63.0 Å². The first kappa shape index (κ1) is 27.3. The molecule has 1 heterocycles. The zero-order valence-corrected chi connectivity index (χ0v) is 20.0. The fourth-order valence-electron chi connectivity index (χ4n) is 4.17. The number of benzene rings is 1. The van der Waals surface area contributed by atoms with Crippen molar-refractivity contribution >= 4 is 17.8 Å². The van der Waals surface area contributed by atoms with Crippen LogP contribution < -0.4 is 5.32 Å². The Balaban J connectivity index is 1.98. The number of aliphatic hydroxyl groups excluding tert-OH is 1. The van der Waals surface area contributed by atoms with Crippen LogP contribution in [0, 0.1) is 5.92 Å². The Morgan fingerprint density at radius 1 is 1.18 bits per heavy atom. The molecule has 7 nitrogen and oxygen atoms in total. The molecule has 1 aromatic rings. The van der Waals surface area contributed by atoms with Crippen molar-refractivity contribution in [1.82, 2.24) is 10.2 Å². The van der Waals surface area contributed by atoms with Gasteiger partial charge in [-0.05, 0) is 44.1 Å². The van der Waals surface area contributed by atoms with Crippen molar-refractivity contribution in [2.24, 2.45) is 5.92 Å². The Hall–Kier alpha value is -2.93. The SMILES string of the molecule is C=CCCCCC(=O)OC(CNC(=O)C(CC=C)CC(=O)N1CCCC1CO)c1ccccc1. The number of hydrogen-bond acceptors (Lipinski definition) is 5. The van der Waals surface area contributed by atoms with E-state index in [1.807, 2.05) is 36.4 Å². The molecular weight excluding hydrogens is 432 g/mol. The molecule has 0 bridgehead atoms. The molecule has 1 fully saturated rings. The summed E-state index contributed by atoms with van der Waals surface area (Å²) in [4.78, 5) is 39.8. The Labute approximate surface area is 202 Å². The van der Waals surface area contributed by atoms with Gasteiger partial charge in [0.2, 0.25) is 11.8 Å². The number of esters is 1. The first-order chi connectivity index (χ1) is 16.5. The predicted molar refractivity (Wildman–Crippen MR) is 132 cm³/mol. The van der Waals surface area contributed by atoms with Crippen LogP contribution in [-0.2, 0) is 19.1 Å². The standard InChI is InChI=1S/C27H38N2O5/c1-3-5-6-10-16-26(32)34-24(21-13-8-7-9-14-21)19-28-27(33)22(12-4-2)18-25(31)29-17-11-15-23(29)20-30/h3-4,7-9,13-14,22-24,30H,1-2,5-6,10-12,15-20H2,(H,28,33). The molecule has 1 saturated heterocycles. The maximum atomic E-state index is 13.0. The molecule has 2 rings (SSSR count). The Morgan fingerprint density at radius 3 is 2.62 bits per heavy atom. The maximum absolute atomic E-state index is 13.0. The monoisotopic (exact) mass is 470 g/mol. The van der Waals surface area contributed by atoms with Gasteiger partial charge in [-0.2, -0.15) is 0 Å². The number of hydrogen-bond donors (Lipinski definition) is 2. The van der Waals surface area contributed by atoms with E-state index in [0.29, 0.717) is 25.8 Å². The summed E-state index contributed by atoms with van der Waals surface area (Å²) in [6.07, 6.45) is 7.62. The van der Waals surface area contributed by atoms with E-state index in [-0.39, 0.29) is 43.4 Å². The predicted octanol–water partition coefficient (Wildman–Crippen LogP) is 3.70. The molecule has 2 N–H and O–H groups in total. The van der Waals surface area contributed by atoms with Gasteiger partial charge in [0.05, 0.1) is 25.1 Å². The first-order valence-electron chi connectivity index (χ1n) is 12.1. The third kappa shape index (κ3) is 8.78. The fourth-order valence-corrected chi connectivity index (χ4v) is 4.17. The highest BCUT2D eigenvalue weighted by atomic mass is 16.5. The lowest BCUT2D eigenvalue weighted by Crippen LogP contribution is -2.41.